The van der Waals surface area contributed by atoms with Crippen molar-refractivity contribution >= 4 is 28.2 Å². The minimum Gasteiger partial charge on any atom is -0.397 e. The fourth-order valence-corrected chi connectivity index (χ4v) is 1.75. The van der Waals surface area contributed by atoms with E-state index in [-0.39, 0.29) is 6.04 Å². The van der Waals surface area contributed by atoms with Crippen LogP contribution in [0.1, 0.15) is 20.9 Å². The summed E-state index contributed by atoms with van der Waals surface area (Å²) in [5.74, 6) is 0. The second-order valence-electron chi connectivity index (χ2n) is 4.22. The van der Waals surface area contributed by atoms with Crippen molar-refractivity contribution in [3.8, 4) is 0 Å². The van der Waals surface area contributed by atoms with Gasteiger partial charge in [0, 0.05) is 10.4 Å². The topological polar surface area (TPSA) is 59.1 Å². The van der Waals surface area contributed by atoms with Gasteiger partial charge in [-0.3, -0.25) is 0 Å². The molecule has 0 saturated carbocycles. The van der Waals surface area contributed by atoms with E-state index >= 15 is 0 Å². The zero-order valence-electron chi connectivity index (χ0n) is 10.1. The standard InChI is InChI=1S/C12H13ClN2O/c1-12(2,16)11-9(14)6-7-5-8(13)3-4-10(7)15-11/h3-6,16H,14H2,1-2H3/i5D. The van der Waals surface area contributed by atoms with E-state index in [1.54, 1.807) is 32.0 Å². The fraction of sp³-hybridized carbons (Fsp3) is 0.250. The summed E-state index contributed by atoms with van der Waals surface area (Å²) in [6.45, 7) is 3.24. The van der Waals surface area contributed by atoms with Gasteiger partial charge in [0.25, 0.3) is 0 Å². The normalized spacial score (nSPS) is 12.9. The molecule has 1 heterocycles. The van der Waals surface area contributed by atoms with Crippen LogP contribution < -0.4 is 5.73 Å². The largest absolute Gasteiger partial charge is 0.397 e. The van der Waals surface area contributed by atoms with E-state index in [2.05, 4.69) is 4.98 Å². The summed E-state index contributed by atoms with van der Waals surface area (Å²) in [5, 5.41) is 10.9. The number of fused-ring (bicyclic) bond motifs is 1. The van der Waals surface area contributed by atoms with Crippen LogP contribution >= 0.6 is 11.6 Å². The summed E-state index contributed by atoms with van der Waals surface area (Å²) in [5.41, 5.74) is 6.11. The molecule has 0 aliphatic heterocycles. The highest BCUT2D eigenvalue weighted by atomic mass is 35.5. The summed E-state index contributed by atoms with van der Waals surface area (Å²) in [6, 6.07) is 5.16. The van der Waals surface area contributed by atoms with E-state index in [0.29, 0.717) is 27.3 Å². The molecule has 0 bridgehead atoms. The van der Waals surface area contributed by atoms with Crippen molar-refractivity contribution in [1.29, 1.82) is 0 Å². The lowest BCUT2D eigenvalue weighted by Crippen LogP contribution is -2.19. The third-order valence-electron chi connectivity index (χ3n) is 2.30. The predicted octanol–water partition coefficient (Wildman–Crippen LogP) is 2.70. The van der Waals surface area contributed by atoms with Gasteiger partial charge in [-0.2, -0.15) is 0 Å². The third kappa shape index (κ3) is 1.96. The molecule has 1 aromatic heterocycles. The molecule has 3 N–H and O–H groups in total. The number of nitrogens with zero attached hydrogens (tertiary/aromatic N) is 1. The molecule has 0 aliphatic carbocycles. The maximum absolute atomic E-state index is 9.94. The summed E-state index contributed by atoms with van der Waals surface area (Å²) in [4.78, 5) is 4.29. The van der Waals surface area contributed by atoms with Crippen LogP contribution in [0.2, 0.25) is 5.02 Å². The van der Waals surface area contributed by atoms with E-state index < -0.39 is 5.60 Å². The van der Waals surface area contributed by atoms with Crippen LogP contribution in [-0.2, 0) is 5.60 Å². The van der Waals surface area contributed by atoms with Gasteiger partial charge in [0.1, 0.15) is 5.60 Å². The molecule has 0 radical (unpaired) electrons. The van der Waals surface area contributed by atoms with Crippen LogP contribution in [0.3, 0.4) is 0 Å². The highest BCUT2D eigenvalue weighted by Gasteiger charge is 2.21. The fourth-order valence-electron chi connectivity index (χ4n) is 1.58. The van der Waals surface area contributed by atoms with E-state index in [0.717, 1.165) is 0 Å². The van der Waals surface area contributed by atoms with Crippen LogP contribution in [0, 0.1) is 0 Å². The molecule has 1 aromatic carbocycles. The van der Waals surface area contributed by atoms with Crippen LogP contribution in [0.5, 0.6) is 0 Å². The molecule has 16 heavy (non-hydrogen) atoms. The number of nitrogens with two attached hydrogens (primary N) is 1. The third-order valence-corrected chi connectivity index (χ3v) is 2.52. The molecule has 2 aromatic rings. The molecule has 0 saturated heterocycles. The number of aromatic nitrogens is 1. The molecule has 0 amide bonds. The van der Waals surface area contributed by atoms with E-state index in [1.165, 1.54) is 0 Å². The van der Waals surface area contributed by atoms with Gasteiger partial charge in [-0.1, -0.05) is 11.6 Å². The zero-order chi connectivity index (χ0) is 12.8. The number of hydrogen-bond donors (Lipinski definition) is 2. The zero-order valence-corrected chi connectivity index (χ0v) is 9.84. The minimum atomic E-state index is -1.11. The Bertz CT molecular complexity index is 593. The number of halogens is 1. The SMILES string of the molecule is [2H]c1c(Cl)ccc2nc(C(C)(C)O)c(N)cc12. The predicted molar refractivity (Wildman–Crippen MR) is 66.4 cm³/mol. The lowest BCUT2D eigenvalue weighted by molar-refractivity contribution is 0.0751. The number of pyridine rings is 1. The molecule has 0 atom stereocenters. The highest BCUT2D eigenvalue weighted by molar-refractivity contribution is 6.31. The summed E-state index contributed by atoms with van der Waals surface area (Å²) in [7, 11) is 0. The van der Waals surface area contributed by atoms with Gasteiger partial charge >= 0.3 is 0 Å². The number of aliphatic hydroxyl groups is 1. The Hall–Kier alpha value is -1.32. The Labute approximate surface area is 100 Å². The molecule has 84 valence electrons. The van der Waals surface area contributed by atoms with Crippen molar-refractivity contribution in [3.05, 3.63) is 35.0 Å². The van der Waals surface area contributed by atoms with Crippen molar-refractivity contribution in [2.45, 2.75) is 19.4 Å². The Kier molecular flexibility index (Phi) is 2.23. The number of hydrogen-bond acceptors (Lipinski definition) is 3. The maximum Gasteiger partial charge on any atom is 0.103 e. The van der Waals surface area contributed by atoms with Crippen LogP contribution in [-0.4, -0.2) is 10.1 Å². The summed E-state index contributed by atoms with van der Waals surface area (Å²) in [6.07, 6.45) is 0. The first-order chi connectivity index (χ1) is 7.80. The first-order valence-corrected chi connectivity index (χ1v) is 5.26. The molecule has 2 rings (SSSR count). The van der Waals surface area contributed by atoms with Crippen molar-refractivity contribution in [1.82, 2.24) is 4.98 Å². The van der Waals surface area contributed by atoms with Gasteiger partial charge in [0.05, 0.1) is 18.3 Å². The van der Waals surface area contributed by atoms with Gasteiger partial charge in [0.2, 0.25) is 0 Å². The van der Waals surface area contributed by atoms with Crippen LogP contribution in [0.15, 0.2) is 24.2 Å². The number of anilines is 1. The van der Waals surface area contributed by atoms with Gasteiger partial charge in [0.15, 0.2) is 0 Å². The number of nitrogen functional groups attached to an aromatic ring is 1. The lowest BCUT2D eigenvalue weighted by atomic mass is 10.0. The molecule has 3 nitrogen and oxygen atoms in total. The second-order valence-corrected chi connectivity index (χ2v) is 4.63. The molecule has 0 spiro atoms. The molecular formula is C12H13ClN2O. The Balaban J connectivity index is 2.80. The molecule has 4 heteroatoms. The van der Waals surface area contributed by atoms with Gasteiger partial charge in [-0.15, -0.1) is 0 Å². The number of rotatable bonds is 1. The average molecular weight is 238 g/mol. The Morgan fingerprint density at radius 2 is 2.19 bits per heavy atom. The first-order valence-electron chi connectivity index (χ1n) is 5.39. The lowest BCUT2D eigenvalue weighted by Gasteiger charge is -2.19. The molecular weight excluding hydrogens is 224 g/mol. The summed E-state index contributed by atoms with van der Waals surface area (Å²) >= 11 is 5.86. The summed E-state index contributed by atoms with van der Waals surface area (Å²) < 4.78 is 7.82. The van der Waals surface area contributed by atoms with Crippen molar-refractivity contribution in [2.75, 3.05) is 5.73 Å². The van der Waals surface area contributed by atoms with Gasteiger partial charge in [-0.05, 0) is 38.1 Å². The van der Waals surface area contributed by atoms with E-state index in [1.807, 2.05) is 0 Å². The van der Waals surface area contributed by atoms with Crippen molar-refractivity contribution in [3.63, 3.8) is 0 Å². The number of benzene rings is 1. The first kappa shape index (κ1) is 9.87. The highest BCUT2D eigenvalue weighted by Crippen LogP contribution is 2.28. The monoisotopic (exact) mass is 237 g/mol. The van der Waals surface area contributed by atoms with E-state index in [9.17, 15) is 5.11 Å². The van der Waals surface area contributed by atoms with Gasteiger partial charge < -0.3 is 10.8 Å². The Morgan fingerprint density at radius 3 is 2.81 bits per heavy atom. The smallest absolute Gasteiger partial charge is 0.103 e. The second kappa shape index (κ2) is 3.61. The van der Waals surface area contributed by atoms with Gasteiger partial charge in [-0.25, -0.2) is 4.98 Å². The van der Waals surface area contributed by atoms with Crippen LogP contribution in [0.25, 0.3) is 10.9 Å². The maximum atomic E-state index is 9.94. The van der Waals surface area contributed by atoms with Crippen LogP contribution in [0.4, 0.5) is 5.69 Å². The van der Waals surface area contributed by atoms with E-state index in [4.69, 9.17) is 18.7 Å². The molecule has 0 aliphatic rings. The minimum absolute atomic E-state index is 0.200. The average Bonchev–Trinajstić information content (AvgIpc) is 2.22. The van der Waals surface area contributed by atoms with Crippen molar-refractivity contribution in [2.24, 2.45) is 0 Å². The van der Waals surface area contributed by atoms with Crippen molar-refractivity contribution < 1.29 is 6.48 Å². The molecule has 0 fully saturated rings. The molecule has 0 unspecified atom stereocenters. The quantitative estimate of drug-likeness (QED) is 0.802. The Morgan fingerprint density at radius 1 is 1.50 bits per heavy atom.